The molecule has 1 atom stereocenters. The molecule has 0 bridgehead atoms. The fourth-order valence-corrected chi connectivity index (χ4v) is 3.31. The van der Waals surface area contributed by atoms with Gasteiger partial charge >= 0.3 is 0 Å². The number of pyridine rings is 1. The minimum Gasteiger partial charge on any atom is -0.341 e. The van der Waals surface area contributed by atoms with Gasteiger partial charge in [-0.25, -0.2) is 15.0 Å². The molecule has 0 unspecified atom stereocenters. The highest BCUT2D eigenvalue weighted by Gasteiger charge is 2.18. The molecule has 0 spiro atoms. The van der Waals surface area contributed by atoms with E-state index >= 15 is 0 Å². The molecule has 8 heteroatoms. The third-order valence-electron chi connectivity index (χ3n) is 3.70. The van der Waals surface area contributed by atoms with Gasteiger partial charge in [-0.15, -0.1) is 0 Å². The number of aromatic nitrogens is 5. The van der Waals surface area contributed by atoms with Crippen LogP contribution in [0.25, 0.3) is 22.1 Å². The van der Waals surface area contributed by atoms with E-state index in [0.29, 0.717) is 16.4 Å². The largest absolute Gasteiger partial charge is 0.341 e. The first kappa shape index (κ1) is 15.5. The highest BCUT2D eigenvalue weighted by molar-refractivity contribution is 8.00. The lowest BCUT2D eigenvalue weighted by atomic mass is 10.2. The number of anilines is 1. The molecule has 0 radical (unpaired) electrons. The number of nitrogens with one attached hydrogen (secondary N) is 2. The standard InChI is InChI=1S/C17H14N6OS/c1-10(25-17-14-15(20-8-19-14)21-9-22-17)16(24)23-12-6-11-4-2-3-5-13(11)18-7-12/h2-10H,1H3,(H,23,24)(H,19,20,21,22)/t10-/m0/s1. The number of hydrogen-bond donors (Lipinski definition) is 2. The summed E-state index contributed by atoms with van der Waals surface area (Å²) in [5, 5.41) is 4.24. The summed E-state index contributed by atoms with van der Waals surface area (Å²) in [6.45, 7) is 1.83. The van der Waals surface area contributed by atoms with Crippen LogP contribution in [0.5, 0.6) is 0 Å². The van der Waals surface area contributed by atoms with Crippen molar-refractivity contribution in [1.82, 2.24) is 24.9 Å². The number of aromatic amines is 1. The number of rotatable bonds is 4. The van der Waals surface area contributed by atoms with Crippen molar-refractivity contribution in [3.8, 4) is 0 Å². The lowest BCUT2D eigenvalue weighted by Gasteiger charge is -2.12. The molecule has 7 nitrogen and oxygen atoms in total. The van der Waals surface area contributed by atoms with Crippen LogP contribution in [-0.2, 0) is 4.79 Å². The normalized spacial score (nSPS) is 12.4. The predicted molar refractivity (Wildman–Crippen MR) is 97.4 cm³/mol. The van der Waals surface area contributed by atoms with E-state index in [1.807, 2.05) is 37.3 Å². The van der Waals surface area contributed by atoms with Gasteiger partial charge in [-0.1, -0.05) is 30.0 Å². The van der Waals surface area contributed by atoms with E-state index in [-0.39, 0.29) is 11.2 Å². The first-order valence-electron chi connectivity index (χ1n) is 7.67. The fraction of sp³-hybridized carbons (Fsp3) is 0.118. The molecule has 4 rings (SSSR count). The Hall–Kier alpha value is -3.00. The zero-order valence-electron chi connectivity index (χ0n) is 13.3. The van der Waals surface area contributed by atoms with Gasteiger partial charge in [0.1, 0.15) is 16.9 Å². The maximum atomic E-state index is 12.5. The number of para-hydroxylation sites is 1. The highest BCUT2D eigenvalue weighted by Crippen LogP contribution is 2.27. The molecule has 124 valence electrons. The second kappa shape index (κ2) is 6.48. The lowest BCUT2D eigenvalue weighted by Crippen LogP contribution is -2.22. The van der Waals surface area contributed by atoms with Gasteiger partial charge in [-0.05, 0) is 19.1 Å². The predicted octanol–water partition coefficient (Wildman–Crippen LogP) is 3.02. The third-order valence-corrected chi connectivity index (χ3v) is 4.80. The Morgan fingerprint density at radius 1 is 1.20 bits per heavy atom. The first-order valence-corrected chi connectivity index (χ1v) is 8.55. The molecular weight excluding hydrogens is 336 g/mol. The average Bonchev–Trinajstić information content (AvgIpc) is 3.11. The summed E-state index contributed by atoms with van der Waals surface area (Å²) < 4.78 is 0. The van der Waals surface area contributed by atoms with Gasteiger partial charge < -0.3 is 10.3 Å². The number of nitrogens with zero attached hydrogens (tertiary/aromatic N) is 4. The van der Waals surface area contributed by atoms with Crippen molar-refractivity contribution in [3.63, 3.8) is 0 Å². The molecular formula is C17H14N6OS. The van der Waals surface area contributed by atoms with Crippen molar-refractivity contribution in [1.29, 1.82) is 0 Å². The zero-order chi connectivity index (χ0) is 17.2. The average molecular weight is 350 g/mol. The van der Waals surface area contributed by atoms with Crippen LogP contribution in [0.15, 0.2) is 54.2 Å². The fourth-order valence-electron chi connectivity index (χ4n) is 2.44. The van der Waals surface area contributed by atoms with Crippen LogP contribution in [0.4, 0.5) is 5.69 Å². The number of amides is 1. The van der Waals surface area contributed by atoms with E-state index in [4.69, 9.17) is 0 Å². The van der Waals surface area contributed by atoms with E-state index in [9.17, 15) is 4.79 Å². The van der Waals surface area contributed by atoms with E-state index in [1.165, 1.54) is 18.1 Å². The van der Waals surface area contributed by atoms with Crippen LogP contribution >= 0.6 is 11.8 Å². The Balaban J connectivity index is 1.50. The molecule has 25 heavy (non-hydrogen) atoms. The van der Waals surface area contributed by atoms with Gasteiger partial charge in [0.15, 0.2) is 5.65 Å². The van der Waals surface area contributed by atoms with Gasteiger partial charge in [0.05, 0.1) is 29.0 Å². The van der Waals surface area contributed by atoms with E-state index < -0.39 is 0 Å². The van der Waals surface area contributed by atoms with Crippen molar-refractivity contribution in [3.05, 3.63) is 49.2 Å². The molecule has 0 aliphatic carbocycles. The molecule has 0 aliphatic rings. The van der Waals surface area contributed by atoms with Crippen LogP contribution in [-0.4, -0.2) is 36.1 Å². The van der Waals surface area contributed by atoms with Crippen LogP contribution < -0.4 is 5.32 Å². The number of fused-ring (bicyclic) bond motifs is 2. The number of hydrogen-bond acceptors (Lipinski definition) is 6. The second-order valence-corrected chi connectivity index (χ2v) is 6.78. The molecule has 3 heterocycles. The Bertz CT molecular complexity index is 1060. The summed E-state index contributed by atoms with van der Waals surface area (Å²) in [5.41, 5.74) is 2.89. The Morgan fingerprint density at radius 3 is 3.00 bits per heavy atom. The first-order chi connectivity index (χ1) is 12.2. The topological polar surface area (TPSA) is 96.5 Å². The smallest absolute Gasteiger partial charge is 0.237 e. The second-order valence-electron chi connectivity index (χ2n) is 5.45. The Labute approximate surface area is 147 Å². The van der Waals surface area contributed by atoms with Crippen LogP contribution in [0.2, 0.25) is 0 Å². The van der Waals surface area contributed by atoms with Crippen molar-refractivity contribution in [2.24, 2.45) is 0 Å². The van der Waals surface area contributed by atoms with Gasteiger partial charge in [-0.2, -0.15) is 0 Å². The number of H-pyrrole nitrogens is 1. The molecule has 0 aliphatic heterocycles. The van der Waals surface area contributed by atoms with E-state index in [2.05, 4.69) is 30.2 Å². The van der Waals surface area contributed by atoms with Crippen molar-refractivity contribution in [2.45, 2.75) is 17.2 Å². The summed E-state index contributed by atoms with van der Waals surface area (Å²) in [6.07, 6.45) is 4.67. The van der Waals surface area contributed by atoms with Crippen molar-refractivity contribution < 1.29 is 4.79 Å². The molecule has 4 aromatic rings. The maximum Gasteiger partial charge on any atom is 0.237 e. The molecule has 0 saturated heterocycles. The lowest BCUT2D eigenvalue weighted by molar-refractivity contribution is -0.115. The maximum absolute atomic E-state index is 12.5. The van der Waals surface area contributed by atoms with E-state index in [1.54, 1.807) is 12.5 Å². The quantitative estimate of drug-likeness (QED) is 0.434. The minimum atomic E-state index is -0.340. The van der Waals surface area contributed by atoms with Crippen molar-refractivity contribution >= 4 is 45.4 Å². The highest BCUT2D eigenvalue weighted by atomic mass is 32.2. The molecule has 1 amide bonds. The number of carbonyl (C=O) groups is 1. The molecule has 2 N–H and O–H groups in total. The van der Waals surface area contributed by atoms with Crippen molar-refractivity contribution in [2.75, 3.05) is 5.32 Å². The summed E-state index contributed by atoms with van der Waals surface area (Å²) in [6, 6.07) is 9.69. The Morgan fingerprint density at radius 2 is 2.08 bits per heavy atom. The third kappa shape index (κ3) is 3.16. The van der Waals surface area contributed by atoms with Crippen LogP contribution in [0, 0.1) is 0 Å². The molecule has 1 aromatic carbocycles. The summed E-state index contributed by atoms with van der Waals surface area (Å²) in [5.74, 6) is -0.117. The Kier molecular flexibility index (Phi) is 4.02. The molecule has 3 aromatic heterocycles. The van der Waals surface area contributed by atoms with Gasteiger partial charge in [-0.3, -0.25) is 9.78 Å². The number of thioether (sulfide) groups is 1. The zero-order valence-corrected chi connectivity index (χ0v) is 14.1. The van der Waals surface area contributed by atoms with Gasteiger partial charge in [0.25, 0.3) is 0 Å². The minimum absolute atomic E-state index is 0.117. The number of carbonyl (C=O) groups excluding carboxylic acids is 1. The van der Waals surface area contributed by atoms with Crippen LogP contribution in [0.1, 0.15) is 6.92 Å². The summed E-state index contributed by atoms with van der Waals surface area (Å²) in [7, 11) is 0. The van der Waals surface area contributed by atoms with Crippen LogP contribution in [0.3, 0.4) is 0 Å². The monoisotopic (exact) mass is 350 g/mol. The number of benzene rings is 1. The van der Waals surface area contributed by atoms with E-state index in [0.717, 1.165) is 16.4 Å². The summed E-state index contributed by atoms with van der Waals surface area (Å²) >= 11 is 1.35. The SMILES string of the molecule is C[C@H](Sc1ncnc2nc[nH]c12)C(=O)Nc1cnc2ccccc2c1. The molecule has 0 fully saturated rings. The van der Waals surface area contributed by atoms with Gasteiger partial charge in [0, 0.05) is 5.39 Å². The van der Waals surface area contributed by atoms with Gasteiger partial charge in [0.2, 0.25) is 5.91 Å². The summed E-state index contributed by atoms with van der Waals surface area (Å²) in [4.78, 5) is 32.3. The molecule has 0 saturated carbocycles. The number of imidazole rings is 1.